The van der Waals surface area contributed by atoms with Gasteiger partial charge < -0.3 is 9.84 Å². The molecule has 1 unspecified atom stereocenters. The molecule has 3 rings (SSSR count). The van der Waals surface area contributed by atoms with Crippen molar-refractivity contribution in [1.29, 1.82) is 0 Å². The molecule has 3 N–H and O–H groups in total. The largest absolute Gasteiger partial charge is 0.334 e. The standard InChI is InChI=1S/C20H29N3O4P/c1-15(17-8-5-9-18(10-17)20-22-14-23-27-20)21-11-19(24)13-28(25,26)12-16-6-3-2-4-7-16/h5,8-10,14-16,21,25-26H,2-4,6-7,11-13H2,1H3/q+1. The second kappa shape index (κ2) is 9.70. The Balaban J connectivity index is 1.49. The van der Waals surface area contributed by atoms with Gasteiger partial charge in [-0.2, -0.15) is 4.98 Å². The number of rotatable bonds is 9. The number of Topliss-reactive ketones (excluding diaryl/α,β-unsaturated/α-hetero) is 1. The van der Waals surface area contributed by atoms with Crippen LogP contribution in [0.1, 0.15) is 50.6 Å². The quantitative estimate of drug-likeness (QED) is 0.548. The molecule has 1 aromatic carbocycles. The van der Waals surface area contributed by atoms with E-state index >= 15 is 0 Å². The molecule has 1 aliphatic rings. The second-order valence-corrected chi connectivity index (χ2v) is 10.2. The molecule has 1 atom stereocenters. The van der Waals surface area contributed by atoms with E-state index in [0.29, 0.717) is 18.0 Å². The smallest absolute Gasteiger partial charge is 0.275 e. The molecule has 1 fully saturated rings. The molecule has 28 heavy (non-hydrogen) atoms. The maximum Gasteiger partial charge on any atom is 0.275 e. The van der Waals surface area contributed by atoms with Gasteiger partial charge in [0.1, 0.15) is 6.16 Å². The number of nitrogens with zero attached hydrogens (tertiary/aromatic N) is 2. The third-order valence-corrected chi connectivity index (χ3v) is 7.27. The molecule has 152 valence electrons. The molecular formula is C20H29N3O4P+. The molecule has 0 amide bonds. The Bertz CT molecular complexity index is 761. The van der Waals surface area contributed by atoms with E-state index in [4.69, 9.17) is 4.52 Å². The van der Waals surface area contributed by atoms with Crippen molar-refractivity contribution < 1.29 is 19.1 Å². The van der Waals surface area contributed by atoms with Crippen LogP contribution in [0.4, 0.5) is 0 Å². The highest BCUT2D eigenvalue weighted by Crippen LogP contribution is 2.53. The highest BCUT2D eigenvalue weighted by Gasteiger charge is 2.39. The van der Waals surface area contributed by atoms with Crippen molar-refractivity contribution in [3.8, 4) is 11.5 Å². The molecule has 0 spiro atoms. The summed E-state index contributed by atoms with van der Waals surface area (Å²) in [5, 5.41) is 6.79. The summed E-state index contributed by atoms with van der Waals surface area (Å²) in [5.41, 5.74) is 1.80. The predicted octanol–water partition coefficient (Wildman–Crippen LogP) is 3.37. The zero-order valence-electron chi connectivity index (χ0n) is 16.3. The minimum Gasteiger partial charge on any atom is -0.334 e. The van der Waals surface area contributed by atoms with Crippen molar-refractivity contribution in [3.05, 3.63) is 36.2 Å². The van der Waals surface area contributed by atoms with E-state index in [0.717, 1.165) is 36.8 Å². The van der Waals surface area contributed by atoms with E-state index in [9.17, 15) is 14.6 Å². The monoisotopic (exact) mass is 406 g/mol. The van der Waals surface area contributed by atoms with Gasteiger partial charge >= 0.3 is 0 Å². The third-order valence-electron chi connectivity index (χ3n) is 5.31. The Kier molecular flexibility index (Phi) is 7.30. The lowest BCUT2D eigenvalue weighted by Gasteiger charge is -2.23. The van der Waals surface area contributed by atoms with Gasteiger partial charge in [0.25, 0.3) is 13.6 Å². The van der Waals surface area contributed by atoms with Crippen LogP contribution in [0.25, 0.3) is 11.5 Å². The summed E-state index contributed by atoms with van der Waals surface area (Å²) in [7, 11) is -3.16. The van der Waals surface area contributed by atoms with E-state index in [2.05, 4.69) is 15.5 Å². The number of carbonyl (C=O) groups excluding carboxylic acids is 1. The van der Waals surface area contributed by atoms with E-state index in [1.165, 1.54) is 12.7 Å². The van der Waals surface area contributed by atoms with Crippen LogP contribution >= 0.6 is 7.72 Å². The number of ketones is 1. The van der Waals surface area contributed by atoms with Crippen molar-refractivity contribution in [2.75, 3.05) is 18.9 Å². The molecular weight excluding hydrogens is 377 g/mol. The van der Waals surface area contributed by atoms with Gasteiger partial charge in [0.2, 0.25) is 0 Å². The Morgan fingerprint density at radius 3 is 2.82 bits per heavy atom. The fourth-order valence-corrected chi connectivity index (χ4v) is 5.81. The maximum atomic E-state index is 12.3. The topological polar surface area (TPSA) is 108 Å². The maximum absolute atomic E-state index is 12.3. The zero-order chi connectivity index (χ0) is 20.0. The molecule has 7 nitrogen and oxygen atoms in total. The molecule has 1 aliphatic carbocycles. The summed E-state index contributed by atoms with van der Waals surface area (Å²) in [4.78, 5) is 37.1. The SMILES string of the molecule is CC(NCC(=O)C[P+](O)(O)CC1CCCCC1)c1cccc(-c2ncno2)c1. The average molecular weight is 406 g/mol. The molecule has 0 aliphatic heterocycles. The van der Waals surface area contributed by atoms with Gasteiger partial charge in [-0.05, 0) is 43.4 Å². The van der Waals surface area contributed by atoms with Gasteiger partial charge in [-0.15, -0.1) is 0 Å². The van der Waals surface area contributed by atoms with Crippen LogP contribution < -0.4 is 5.32 Å². The van der Waals surface area contributed by atoms with Crippen molar-refractivity contribution in [2.45, 2.75) is 45.1 Å². The molecule has 0 bridgehead atoms. The van der Waals surface area contributed by atoms with Gasteiger partial charge in [-0.1, -0.05) is 36.6 Å². The number of hydrogen-bond donors (Lipinski definition) is 3. The summed E-state index contributed by atoms with van der Waals surface area (Å²) >= 11 is 0. The first-order chi connectivity index (χ1) is 13.4. The fraction of sp³-hybridized carbons (Fsp3) is 0.550. The van der Waals surface area contributed by atoms with Crippen LogP contribution in [0, 0.1) is 5.92 Å². The average Bonchev–Trinajstić information content (AvgIpc) is 3.21. The molecule has 1 saturated carbocycles. The number of nitrogens with one attached hydrogen (secondary N) is 1. The van der Waals surface area contributed by atoms with E-state index in [1.54, 1.807) is 0 Å². The lowest BCUT2D eigenvalue weighted by Crippen LogP contribution is -2.29. The molecule has 2 aromatic rings. The summed E-state index contributed by atoms with van der Waals surface area (Å²) in [5.74, 6) is 0.640. The first-order valence-electron chi connectivity index (χ1n) is 9.87. The Labute approximate surface area is 166 Å². The summed E-state index contributed by atoms with van der Waals surface area (Å²) in [6.45, 7) is 2.07. The van der Waals surface area contributed by atoms with Crippen LogP contribution in [-0.4, -0.2) is 44.6 Å². The Morgan fingerprint density at radius 2 is 2.11 bits per heavy atom. The lowest BCUT2D eigenvalue weighted by molar-refractivity contribution is -0.116. The molecule has 1 aromatic heterocycles. The Morgan fingerprint density at radius 1 is 1.32 bits per heavy atom. The van der Waals surface area contributed by atoms with Gasteiger partial charge in [0.15, 0.2) is 18.3 Å². The van der Waals surface area contributed by atoms with Gasteiger partial charge in [0, 0.05) is 11.6 Å². The lowest BCUT2D eigenvalue weighted by atomic mass is 9.91. The van der Waals surface area contributed by atoms with Gasteiger partial charge in [0.05, 0.1) is 6.54 Å². The highest BCUT2D eigenvalue weighted by molar-refractivity contribution is 7.65. The molecule has 0 saturated heterocycles. The zero-order valence-corrected chi connectivity index (χ0v) is 17.1. The summed E-state index contributed by atoms with van der Waals surface area (Å²) in [6.07, 6.45) is 7.24. The summed E-state index contributed by atoms with van der Waals surface area (Å²) < 4.78 is 5.08. The fourth-order valence-electron chi connectivity index (χ4n) is 3.81. The number of benzene rings is 1. The van der Waals surface area contributed by atoms with Crippen LogP contribution in [0.2, 0.25) is 0 Å². The minimum atomic E-state index is -3.16. The van der Waals surface area contributed by atoms with Crippen molar-refractivity contribution in [3.63, 3.8) is 0 Å². The summed E-state index contributed by atoms with van der Waals surface area (Å²) in [6, 6.07) is 7.61. The van der Waals surface area contributed by atoms with Crippen LogP contribution in [0.15, 0.2) is 35.1 Å². The predicted molar refractivity (Wildman–Crippen MR) is 109 cm³/mol. The number of aromatic nitrogens is 2. The number of carbonyl (C=O) groups is 1. The van der Waals surface area contributed by atoms with E-state index < -0.39 is 7.72 Å². The normalized spacial score (nSPS) is 16.8. The third kappa shape index (κ3) is 6.17. The molecule has 8 heteroatoms. The van der Waals surface area contributed by atoms with E-state index in [-0.39, 0.29) is 24.5 Å². The molecule has 0 radical (unpaired) electrons. The first kappa shape index (κ1) is 21.1. The van der Waals surface area contributed by atoms with Crippen LogP contribution in [0.3, 0.4) is 0 Å². The van der Waals surface area contributed by atoms with Crippen molar-refractivity contribution in [1.82, 2.24) is 15.5 Å². The van der Waals surface area contributed by atoms with Crippen molar-refractivity contribution >= 4 is 13.5 Å². The second-order valence-electron chi connectivity index (χ2n) is 7.74. The van der Waals surface area contributed by atoms with Gasteiger partial charge in [-0.3, -0.25) is 4.79 Å². The van der Waals surface area contributed by atoms with Crippen molar-refractivity contribution in [2.24, 2.45) is 5.92 Å². The highest BCUT2D eigenvalue weighted by atomic mass is 31.2. The van der Waals surface area contributed by atoms with Gasteiger partial charge in [-0.25, -0.2) is 9.79 Å². The van der Waals surface area contributed by atoms with Crippen LogP contribution in [-0.2, 0) is 4.79 Å². The first-order valence-corrected chi connectivity index (χ1v) is 11.9. The van der Waals surface area contributed by atoms with E-state index in [1.807, 2.05) is 31.2 Å². The Hall–Kier alpha value is -1.66. The minimum absolute atomic E-state index is 0.0738. The molecule has 1 heterocycles. The number of hydrogen-bond acceptors (Lipinski definition) is 7. The van der Waals surface area contributed by atoms with Crippen LogP contribution in [0.5, 0.6) is 0 Å².